The Hall–Kier alpha value is -1.35. The largest absolute Gasteiger partial charge is 0.396 e. The van der Waals surface area contributed by atoms with Crippen LogP contribution in [-0.2, 0) is 6.42 Å². The molecule has 2 aromatic heterocycles. The quantitative estimate of drug-likeness (QED) is 0.797. The Kier molecular flexibility index (Phi) is 2.50. The van der Waals surface area contributed by atoms with Gasteiger partial charge < -0.3 is 9.51 Å². The van der Waals surface area contributed by atoms with Gasteiger partial charge in [-0.25, -0.2) is 4.98 Å². The number of hydrogen-bond acceptors (Lipinski definition) is 2. The fourth-order valence-electron chi connectivity index (χ4n) is 1.59. The van der Waals surface area contributed by atoms with Crippen molar-refractivity contribution in [1.29, 1.82) is 0 Å². The molecule has 0 radical (unpaired) electrons. The Morgan fingerprint density at radius 2 is 2.36 bits per heavy atom. The summed E-state index contributed by atoms with van der Waals surface area (Å²) in [5.41, 5.74) is 3.25. The molecule has 0 bridgehead atoms. The zero-order valence-corrected chi connectivity index (χ0v) is 8.27. The van der Waals surface area contributed by atoms with Gasteiger partial charge in [-0.05, 0) is 31.4 Å². The van der Waals surface area contributed by atoms with Gasteiger partial charge in [0.15, 0.2) is 0 Å². The van der Waals surface area contributed by atoms with Crippen LogP contribution >= 0.6 is 0 Å². The molecule has 3 nitrogen and oxygen atoms in total. The Morgan fingerprint density at radius 1 is 1.50 bits per heavy atom. The zero-order chi connectivity index (χ0) is 9.97. The molecule has 2 aromatic rings. The Bertz CT molecular complexity index is 434. The SMILES string of the molecule is Cc1cccn2cc(CCCO)nc12. The fraction of sp³-hybridized carbons (Fsp3) is 0.364. The van der Waals surface area contributed by atoms with E-state index in [0.29, 0.717) is 0 Å². The minimum Gasteiger partial charge on any atom is -0.396 e. The Balaban J connectivity index is 2.36. The van der Waals surface area contributed by atoms with Crippen LogP contribution in [0.1, 0.15) is 17.7 Å². The van der Waals surface area contributed by atoms with Gasteiger partial charge in [0.05, 0.1) is 5.69 Å². The zero-order valence-electron chi connectivity index (χ0n) is 8.27. The summed E-state index contributed by atoms with van der Waals surface area (Å²) in [6, 6.07) is 4.07. The van der Waals surface area contributed by atoms with Gasteiger partial charge in [0.2, 0.25) is 0 Å². The normalized spacial score (nSPS) is 11.0. The first-order chi connectivity index (χ1) is 6.81. The first-order valence-electron chi connectivity index (χ1n) is 4.85. The lowest BCUT2D eigenvalue weighted by molar-refractivity contribution is 0.288. The highest BCUT2D eigenvalue weighted by Crippen LogP contribution is 2.10. The van der Waals surface area contributed by atoms with E-state index in [1.807, 2.05) is 22.9 Å². The third-order valence-electron chi connectivity index (χ3n) is 2.32. The van der Waals surface area contributed by atoms with Gasteiger partial charge in [-0.1, -0.05) is 6.07 Å². The molecule has 0 spiro atoms. The third-order valence-corrected chi connectivity index (χ3v) is 2.32. The maximum Gasteiger partial charge on any atom is 0.139 e. The van der Waals surface area contributed by atoms with Crippen molar-refractivity contribution in [2.24, 2.45) is 0 Å². The number of aryl methyl sites for hydroxylation is 2. The third kappa shape index (κ3) is 1.63. The first kappa shape index (κ1) is 9.21. The van der Waals surface area contributed by atoms with E-state index in [-0.39, 0.29) is 6.61 Å². The predicted molar refractivity (Wildman–Crippen MR) is 55.3 cm³/mol. The van der Waals surface area contributed by atoms with Gasteiger partial charge in [0.25, 0.3) is 0 Å². The number of pyridine rings is 1. The average Bonchev–Trinajstić information content (AvgIpc) is 2.59. The molecule has 74 valence electrons. The second-order valence-electron chi connectivity index (χ2n) is 3.48. The van der Waals surface area contributed by atoms with Gasteiger partial charge in [0.1, 0.15) is 5.65 Å². The summed E-state index contributed by atoms with van der Waals surface area (Å²) in [5.74, 6) is 0. The maximum atomic E-state index is 8.72. The van der Waals surface area contributed by atoms with Crippen LogP contribution in [0, 0.1) is 6.92 Å². The van der Waals surface area contributed by atoms with Crippen molar-refractivity contribution < 1.29 is 5.11 Å². The fourth-order valence-corrected chi connectivity index (χ4v) is 1.59. The summed E-state index contributed by atoms with van der Waals surface area (Å²) < 4.78 is 2.03. The average molecular weight is 190 g/mol. The van der Waals surface area contributed by atoms with Gasteiger partial charge in [0, 0.05) is 19.0 Å². The van der Waals surface area contributed by atoms with Gasteiger partial charge in [-0.2, -0.15) is 0 Å². The van der Waals surface area contributed by atoms with Crippen LogP contribution in [-0.4, -0.2) is 21.1 Å². The number of imidazole rings is 1. The molecule has 0 aliphatic rings. The molecule has 1 N–H and O–H groups in total. The Morgan fingerprint density at radius 3 is 3.07 bits per heavy atom. The summed E-state index contributed by atoms with van der Waals surface area (Å²) in [4.78, 5) is 4.50. The minimum absolute atomic E-state index is 0.229. The molecule has 0 aliphatic heterocycles. The molecular formula is C11H14N2O. The van der Waals surface area contributed by atoms with Crippen molar-refractivity contribution >= 4 is 5.65 Å². The van der Waals surface area contributed by atoms with E-state index in [4.69, 9.17) is 5.11 Å². The molecule has 0 amide bonds. The van der Waals surface area contributed by atoms with Crippen molar-refractivity contribution in [3.8, 4) is 0 Å². The van der Waals surface area contributed by atoms with Crippen LogP contribution in [0.5, 0.6) is 0 Å². The molecule has 0 unspecified atom stereocenters. The highest BCUT2D eigenvalue weighted by atomic mass is 16.2. The molecule has 0 saturated heterocycles. The summed E-state index contributed by atoms with van der Waals surface area (Å²) in [7, 11) is 0. The number of aliphatic hydroxyl groups excluding tert-OH is 1. The topological polar surface area (TPSA) is 37.5 Å². The van der Waals surface area contributed by atoms with Crippen molar-refractivity contribution in [1.82, 2.24) is 9.38 Å². The number of aromatic nitrogens is 2. The van der Waals surface area contributed by atoms with E-state index < -0.39 is 0 Å². The lowest BCUT2D eigenvalue weighted by Crippen LogP contribution is -1.88. The van der Waals surface area contributed by atoms with Crippen LogP contribution in [0.15, 0.2) is 24.5 Å². The molecule has 2 heterocycles. The van der Waals surface area contributed by atoms with E-state index in [1.165, 1.54) is 5.56 Å². The molecule has 0 fully saturated rings. The van der Waals surface area contributed by atoms with Crippen molar-refractivity contribution in [3.05, 3.63) is 35.8 Å². The monoisotopic (exact) mass is 190 g/mol. The highest BCUT2D eigenvalue weighted by Gasteiger charge is 2.02. The Labute approximate surface area is 83.0 Å². The van der Waals surface area contributed by atoms with E-state index in [0.717, 1.165) is 24.2 Å². The van der Waals surface area contributed by atoms with Crippen LogP contribution in [0.4, 0.5) is 0 Å². The molecule has 3 heteroatoms. The molecule has 14 heavy (non-hydrogen) atoms. The number of aliphatic hydroxyl groups is 1. The second-order valence-corrected chi connectivity index (χ2v) is 3.48. The maximum absolute atomic E-state index is 8.72. The van der Waals surface area contributed by atoms with Crippen LogP contribution in [0.25, 0.3) is 5.65 Å². The minimum atomic E-state index is 0.229. The standard InChI is InChI=1S/C11H14N2O/c1-9-4-2-6-13-8-10(5-3-7-14)12-11(9)13/h2,4,6,8,14H,3,5,7H2,1H3. The predicted octanol–water partition coefficient (Wildman–Crippen LogP) is 1.57. The summed E-state index contributed by atoms with van der Waals surface area (Å²) in [6.45, 7) is 2.28. The van der Waals surface area contributed by atoms with Crippen LogP contribution in [0.3, 0.4) is 0 Å². The number of hydrogen-bond donors (Lipinski definition) is 1. The smallest absolute Gasteiger partial charge is 0.139 e. The number of nitrogens with zero attached hydrogens (tertiary/aromatic N) is 2. The molecule has 0 saturated carbocycles. The van der Waals surface area contributed by atoms with Crippen molar-refractivity contribution in [3.63, 3.8) is 0 Å². The van der Waals surface area contributed by atoms with E-state index in [2.05, 4.69) is 18.0 Å². The summed E-state index contributed by atoms with van der Waals surface area (Å²) in [5, 5.41) is 8.72. The molecular weight excluding hydrogens is 176 g/mol. The lowest BCUT2D eigenvalue weighted by atomic mass is 10.3. The lowest BCUT2D eigenvalue weighted by Gasteiger charge is -1.94. The molecule has 0 aliphatic carbocycles. The summed E-state index contributed by atoms with van der Waals surface area (Å²) >= 11 is 0. The van der Waals surface area contributed by atoms with Crippen LogP contribution in [0.2, 0.25) is 0 Å². The van der Waals surface area contributed by atoms with Crippen LogP contribution < -0.4 is 0 Å². The van der Waals surface area contributed by atoms with E-state index >= 15 is 0 Å². The van der Waals surface area contributed by atoms with Crippen molar-refractivity contribution in [2.45, 2.75) is 19.8 Å². The molecule has 0 aromatic carbocycles. The van der Waals surface area contributed by atoms with Gasteiger partial charge in [-0.3, -0.25) is 0 Å². The number of rotatable bonds is 3. The van der Waals surface area contributed by atoms with E-state index in [9.17, 15) is 0 Å². The van der Waals surface area contributed by atoms with Gasteiger partial charge in [-0.15, -0.1) is 0 Å². The second kappa shape index (κ2) is 3.80. The number of fused-ring (bicyclic) bond motifs is 1. The summed E-state index contributed by atoms with van der Waals surface area (Å²) in [6.07, 6.45) is 5.65. The van der Waals surface area contributed by atoms with Gasteiger partial charge >= 0.3 is 0 Å². The van der Waals surface area contributed by atoms with E-state index in [1.54, 1.807) is 0 Å². The van der Waals surface area contributed by atoms with Crippen molar-refractivity contribution in [2.75, 3.05) is 6.61 Å². The first-order valence-corrected chi connectivity index (χ1v) is 4.85. The molecule has 2 rings (SSSR count). The molecule has 0 atom stereocenters. The highest BCUT2D eigenvalue weighted by molar-refractivity contribution is 5.47.